The van der Waals surface area contributed by atoms with E-state index in [0.717, 1.165) is 17.8 Å². The van der Waals surface area contributed by atoms with Crippen LogP contribution in [0.5, 0.6) is 0 Å². The third-order valence-electron chi connectivity index (χ3n) is 3.98. The second-order valence-corrected chi connectivity index (χ2v) is 5.52. The highest BCUT2D eigenvalue weighted by Gasteiger charge is 2.29. The predicted molar refractivity (Wildman–Crippen MR) is 64.4 cm³/mol. The summed E-state index contributed by atoms with van der Waals surface area (Å²) in [5.74, 6) is 3.12. The van der Waals surface area contributed by atoms with Crippen LogP contribution in [0.15, 0.2) is 0 Å². The summed E-state index contributed by atoms with van der Waals surface area (Å²) in [6.45, 7) is 7.15. The smallest absolute Gasteiger partial charge is 0.0383 e. The molecule has 0 N–H and O–H groups in total. The van der Waals surface area contributed by atoms with Crippen molar-refractivity contribution >= 4 is 0 Å². The molecule has 0 nitrogen and oxygen atoms in total. The molecule has 1 aliphatic carbocycles. The zero-order valence-electron chi connectivity index (χ0n) is 10.4. The lowest BCUT2D eigenvalue weighted by Gasteiger charge is -2.37. The largest absolute Gasteiger partial charge is 0.0654 e. The Morgan fingerprint density at radius 1 is 1.07 bits per heavy atom. The molecule has 1 aliphatic rings. The lowest BCUT2D eigenvalue weighted by molar-refractivity contribution is 0.138. The average molecular weight is 196 g/mol. The Bertz CT molecular complexity index is 133. The highest BCUT2D eigenvalue weighted by Crippen LogP contribution is 2.40. The minimum atomic E-state index is 1.01. The summed E-state index contributed by atoms with van der Waals surface area (Å²) in [6.07, 6.45) is 11.7. The van der Waals surface area contributed by atoms with E-state index in [9.17, 15) is 0 Å². The van der Waals surface area contributed by atoms with E-state index in [1.54, 1.807) is 0 Å². The fourth-order valence-corrected chi connectivity index (χ4v) is 2.73. The van der Waals surface area contributed by atoms with Crippen LogP contribution in [0.1, 0.15) is 72.1 Å². The molecule has 0 heterocycles. The van der Waals surface area contributed by atoms with Crippen LogP contribution >= 0.6 is 0 Å². The van der Waals surface area contributed by atoms with Gasteiger partial charge >= 0.3 is 0 Å². The van der Waals surface area contributed by atoms with Gasteiger partial charge in [-0.25, -0.2) is 0 Å². The van der Waals surface area contributed by atoms with Gasteiger partial charge in [-0.2, -0.15) is 0 Å². The summed E-state index contributed by atoms with van der Waals surface area (Å²) < 4.78 is 0. The maximum atomic E-state index is 2.47. The fourth-order valence-electron chi connectivity index (χ4n) is 2.73. The van der Waals surface area contributed by atoms with Crippen LogP contribution in [0, 0.1) is 17.8 Å². The molecule has 1 saturated carbocycles. The van der Waals surface area contributed by atoms with Gasteiger partial charge in [0.1, 0.15) is 0 Å². The number of hydrogen-bond acceptors (Lipinski definition) is 0. The molecule has 0 amide bonds. The topological polar surface area (TPSA) is 0 Å². The van der Waals surface area contributed by atoms with Gasteiger partial charge in [0.05, 0.1) is 0 Å². The van der Waals surface area contributed by atoms with Gasteiger partial charge in [-0.05, 0) is 30.6 Å². The summed E-state index contributed by atoms with van der Waals surface area (Å²) in [7, 11) is 0. The van der Waals surface area contributed by atoms with E-state index in [1.165, 1.54) is 51.4 Å². The number of rotatable bonds is 7. The average Bonchev–Trinajstić information content (AvgIpc) is 2.12. The first-order chi connectivity index (χ1) is 6.74. The minimum absolute atomic E-state index is 1.01. The molecule has 0 aromatic heterocycles. The van der Waals surface area contributed by atoms with Gasteiger partial charge in [-0.15, -0.1) is 0 Å². The lowest BCUT2D eigenvalue weighted by Crippen LogP contribution is -2.26. The highest BCUT2D eigenvalue weighted by molar-refractivity contribution is 4.80. The normalized spacial score (nSPS) is 28.5. The summed E-state index contributed by atoms with van der Waals surface area (Å²) >= 11 is 0. The fraction of sp³-hybridized carbons (Fsp3) is 1.00. The van der Waals surface area contributed by atoms with Crippen LogP contribution in [0.25, 0.3) is 0 Å². The number of unbranched alkanes of at least 4 members (excludes halogenated alkanes) is 4. The van der Waals surface area contributed by atoms with Crippen LogP contribution in [0.2, 0.25) is 0 Å². The second-order valence-electron chi connectivity index (χ2n) is 5.52. The second kappa shape index (κ2) is 6.48. The van der Waals surface area contributed by atoms with Crippen LogP contribution in [-0.2, 0) is 0 Å². The van der Waals surface area contributed by atoms with Gasteiger partial charge in [-0.1, -0.05) is 59.3 Å². The summed E-state index contributed by atoms with van der Waals surface area (Å²) in [6, 6.07) is 0. The van der Waals surface area contributed by atoms with E-state index < -0.39 is 0 Å². The maximum absolute atomic E-state index is 2.47. The molecule has 0 aromatic carbocycles. The highest BCUT2D eigenvalue weighted by atomic mass is 14.3. The third-order valence-corrected chi connectivity index (χ3v) is 3.98. The van der Waals surface area contributed by atoms with E-state index in [0.29, 0.717) is 0 Å². The molecule has 0 heteroatoms. The molecular weight excluding hydrogens is 168 g/mol. The zero-order chi connectivity index (χ0) is 10.4. The van der Waals surface area contributed by atoms with E-state index in [2.05, 4.69) is 20.8 Å². The van der Waals surface area contributed by atoms with Crippen molar-refractivity contribution in [2.75, 3.05) is 0 Å². The Morgan fingerprint density at radius 2 is 1.71 bits per heavy atom. The summed E-state index contributed by atoms with van der Waals surface area (Å²) in [4.78, 5) is 0. The molecule has 0 bridgehead atoms. The van der Waals surface area contributed by atoms with Gasteiger partial charge < -0.3 is 0 Å². The number of hydrogen-bond donors (Lipinski definition) is 0. The van der Waals surface area contributed by atoms with Crippen molar-refractivity contribution in [3.8, 4) is 0 Å². The predicted octanol–water partition coefficient (Wildman–Crippen LogP) is 5.03. The molecule has 1 unspecified atom stereocenters. The van der Waals surface area contributed by atoms with E-state index in [1.807, 2.05) is 0 Å². The Hall–Kier alpha value is 0. The van der Waals surface area contributed by atoms with Gasteiger partial charge in [-0.3, -0.25) is 0 Å². The van der Waals surface area contributed by atoms with Gasteiger partial charge in [0.2, 0.25) is 0 Å². The molecule has 0 spiro atoms. The van der Waals surface area contributed by atoms with Crippen LogP contribution in [0.4, 0.5) is 0 Å². The molecule has 0 radical (unpaired) electrons. The van der Waals surface area contributed by atoms with E-state index in [4.69, 9.17) is 0 Å². The van der Waals surface area contributed by atoms with E-state index in [-0.39, 0.29) is 0 Å². The van der Waals surface area contributed by atoms with Crippen LogP contribution in [-0.4, -0.2) is 0 Å². The molecule has 0 aromatic rings. The van der Waals surface area contributed by atoms with Gasteiger partial charge in [0.15, 0.2) is 0 Å². The van der Waals surface area contributed by atoms with Crippen molar-refractivity contribution in [2.45, 2.75) is 72.1 Å². The first kappa shape index (κ1) is 12.1. The van der Waals surface area contributed by atoms with Crippen molar-refractivity contribution in [2.24, 2.45) is 17.8 Å². The van der Waals surface area contributed by atoms with Crippen LogP contribution in [0.3, 0.4) is 0 Å². The van der Waals surface area contributed by atoms with Crippen molar-refractivity contribution < 1.29 is 0 Å². The van der Waals surface area contributed by atoms with Gasteiger partial charge in [0, 0.05) is 0 Å². The molecule has 1 rings (SSSR count). The first-order valence-corrected chi connectivity index (χ1v) is 6.74. The third kappa shape index (κ3) is 4.02. The maximum Gasteiger partial charge on any atom is -0.0383 e. The summed E-state index contributed by atoms with van der Waals surface area (Å²) in [5, 5.41) is 0. The molecule has 1 fully saturated rings. The molecule has 1 atom stereocenters. The Labute approximate surface area is 90.5 Å². The Balaban J connectivity index is 1.90. The molecular formula is C14H28. The van der Waals surface area contributed by atoms with Crippen molar-refractivity contribution in [1.82, 2.24) is 0 Å². The van der Waals surface area contributed by atoms with Crippen molar-refractivity contribution in [1.29, 1.82) is 0 Å². The van der Waals surface area contributed by atoms with Gasteiger partial charge in [0.25, 0.3) is 0 Å². The minimum Gasteiger partial charge on any atom is -0.0654 e. The quantitative estimate of drug-likeness (QED) is 0.501. The molecule has 0 saturated heterocycles. The molecule has 84 valence electrons. The zero-order valence-corrected chi connectivity index (χ0v) is 10.4. The van der Waals surface area contributed by atoms with Crippen LogP contribution < -0.4 is 0 Å². The van der Waals surface area contributed by atoms with E-state index >= 15 is 0 Å². The molecule has 0 aliphatic heterocycles. The summed E-state index contributed by atoms with van der Waals surface area (Å²) in [5.41, 5.74) is 0. The Morgan fingerprint density at radius 3 is 2.29 bits per heavy atom. The Kier molecular flexibility index (Phi) is 5.59. The van der Waals surface area contributed by atoms with Crippen molar-refractivity contribution in [3.05, 3.63) is 0 Å². The monoisotopic (exact) mass is 196 g/mol. The first-order valence-electron chi connectivity index (χ1n) is 6.74. The standard InChI is InChI=1S/C14H28/c1-4-5-6-7-8-9-13(3)14-10-12(2)11-14/h12-14H,4-11H2,1-3H3. The van der Waals surface area contributed by atoms with Crippen molar-refractivity contribution in [3.63, 3.8) is 0 Å². The lowest BCUT2D eigenvalue weighted by atomic mass is 9.69. The SMILES string of the molecule is CCCCCCCC(C)C1CC(C)C1. The molecule has 14 heavy (non-hydrogen) atoms.